The van der Waals surface area contributed by atoms with Crippen LogP contribution in [0, 0.1) is 5.82 Å². The van der Waals surface area contributed by atoms with Gasteiger partial charge in [-0.25, -0.2) is 9.18 Å². The van der Waals surface area contributed by atoms with E-state index >= 15 is 0 Å². The minimum Gasteiger partial charge on any atom is -0.481 e. The highest BCUT2D eigenvalue weighted by Gasteiger charge is 2.50. The largest absolute Gasteiger partial charge is 0.481 e. The van der Waals surface area contributed by atoms with E-state index in [4.69, 9.17) is 4.74 Å². The zero-order chi connectivity index (χ0) is 19.6. The van der Waals surface area contributed by atoms with Gasteiger partial charge in [0.15, 0.2) is 6.10 Å². The van der Waals surface area contributed by atoms with E-state index in [0.717, 1.165) is 0 Å². The lowest BCUT2D eigenvalue weighted by atomic mass is 9.92. The lowest BCUT2D eigenvalue weighted by molar-refractivity contribution is -0.141. The van der Waals surface area contributed by atoms with E-state index in [-0.39, 0.29) is 5.75 Å². The number of rotatable bonds is 5. The van der Waals surface area contributed by atoms with Crippen LogP contribution in [0.15, 0.2) is 54.6 Å². The average Bonchev–Trinajstić information content (AvgIpc) is 2.88. The highest BCUT2D eigenvalue weighted by atomic mass is 19.1. The van der Waals surface area contributed by atoms with Gasteiger partial charge in [-0.2, -0.15) is 5.01 Å². The smallest absolute Gasteiger partial charge is 0.344 e. The number of nitrogens with one attached hydrogen (secondary N) is 2. The number of hydrogen-bond acceptors (Lipinski definition) is 4. The van der Waals surface area contributed by atoms with E-state index in [1.807, 2.05) is 0 Å². The third kappa shape index (κ3) is 3.59. The van der Waals surface area contributed by atoms with Gasteiger partial charge in [-0.1, -0.05) is 30.3 Å². The van der Waals surface area contributed by atoms with Crippen LogP contribution in [0.25, 0.3) is 0 Å². The summed E-state index contributed by atoms with van der Waals surface area (Å²) in [5.74, 6) is -1.45. The molecule has 27 heavy (non-hydrogen) atoms. The summed E-state index contributed by atoms with van der Waals surface area (Å²) in [6, 6.07) is 13.1. The van der Waals surface area contributed by atoms with E-state index in [0.29, 0.717) is 10.6 Å². The number of carbonyl (C=O) groups excluding carboxylic acids is 3. The molecule has 2 N–H and O–H groups in total. The van der Waals surface area contributed by atoms with Gasteiger partial charge in [0.05, 0.1) is 0 Å². The van der Waals surface area contributed by atoms with Crippen molar-refractivity contribution < 1.29 is 23.5 Å². The monoisotopic (exact) mass is 371 g/mol. The van der Waals surface area contributed by atoms with Gasteiger partial charge in [-0.15, -0.1) is 0 Å². The predicted octanol–water partition coefficient (Wildman–Crippen LogP) is 2.09. The molecule has 8 heteroatoms. The van der Waals surface area contributed by atoms with Gasteiger partial charge in [-0.05, 0) is 43.7 Å². The van der Waals surface area contributed by atoms with Gasteiger partial charge in [0.1, 0.15) is 17.1 Å². The lowest BCUT2D eigenvalue weighted by Crippen LogP contribution is -2.51. The molecular formula is C19H18FN3O4. The number of nitrogens with zero attached hydrogens (tertiary/aromatic N) is 1. The molecule has 0 spiro atoms. The summed E-state index contributed by atoms with van der Waals surface area (Å²) in [5.41, 5.74) is 1.58. The second kappa shape index (κ2) is 7.06. The number of benzene rings is 2. The van der Waals surface area contributed by atoms with Crippen molar-refractivity contribution in [1.82, 2.24) is 15.8 Å². The second-order valence-electron chi connectivity index (χ2n) is 6.25. The van der Waals surface area contributed by atoms with E-state index in [2.05, 4.69) is 10.7 Å². The van der Waals surface area contributed by atoms with Crippen LogP contribution >= 0.6 is 0 Å². The molecule has 2 atom stereocenters. The number of halogens is 1. The van der Waals surface area contributed by atoms with Crippen molar-refractivity contribution in [3.05, 3.63) is 66.0 Å². The predicted molar refractivity (Wildman–Crippen MR) is 93.8 cm³/mol. The van der Waals surface area contributed by atoms with Crippen molar-refractivity contribution in [3.63, 3.8) is 0 Å². The van der Waals surface area contributed by atoms with Crippen LogP contribution in [0.3, 0.4) is 0 Å². The molecule has 1 heterocycles. The fourth-order valence-corrected chi connectivity index (χ4v) is 2.68. The Labute approximate surface area is 155 Å². The maximum atomic E-state index is 12.9. The van der Waals surface area contributed by atoms with E-state index in [9.17, 15) is 18.8 Å². The Kier molecular flexibility index (Phi) is 4.81. The van der Waals surface area contributed by atoms with Crippen LogP contribution in [0.1, 0.15) is 19.4 Å². The molecule has 7 nitrogen and oxygen atoms in total. The molecular weight excluding hydrogens is 353 g/mol. The number of imide groups is 1. The topological polar surface area (TPSA) is 87.7 Å². The highest BCUT2D eigenvalue weighted by Crippen LogP contribution is 2.27. The van der Waals surface area contributed by atoms with Crippen molar-refractivity contribution in [3.8, 4) is 5.75 Å². The van der Waals surface area contributed by atoms with Gasteiger partial charge in [0, 0.05) is 0 Å². The third-order valence-electron chi connectivity index (χ3n) is 4.26. The maximum absolute atomic E-state index is 12.9. The van der Waals surface area contributed by atoms with E-state index in [1.165, 1.54) is 31.2 Å². The van der Waals surface area contributed by atoms with Crippen LogP contribution in [-0.2, 0) is 15.1 Å². The van der Waals surface area contributed by atoms with Crippen molar-refractivity contribution in [1.29, 1.82) is 0 Å². The highest BCUT2D eigenvalue weighted by molar-refractivity contribution is 6.08. The molecule has 0 saturated carbocycles. The molecule has 0 bridgehead atoms. The average molecular weight is 371 g/mol. The zero-order valence-electron chi connectivity index (χ0n) is 14.7. The molecule has 0 aliphatic carbocycles. The molecule has 3 rings (SSSR count). The Morgan fingerprint density at radius 2 is 1.78 bits per heavy atom. The van der Waals surface area contributed by atoms with Crippen LogP contribution in [0.4, 0.5) is 9.18 Å². The van der Waals surface area contributed by atoms with Gasteiger partial charge < -0.3 is 10.1 Å². The Bertz CT molecular complexity index is 872. The van der Waals surface area contributed by atoms with Crippen molar-refractivity contribution in [2.24, 2.45) is 0 Å². The summed E-state index contributed by atoms with van der Waals surface area (Å²) in [4.78, 5) is 37.3. The normalized spacial score (nSPS) is 20.2. The fraction of sp³-hybridized carbons (Fsp3) is 0.211. The molecule has 2 aromatic carbocycles. The molecule has 1 fully saturated rings. The zero-order valence-corrected chi connectivity index (χ0v) is 14.7. The first-order valence-corrected chi connectivity index (χ1v) is 8.26. The van der Waals surface area contributed by atoms with Crippen LogP contribution in [-0.4, -0.2) is 29.0 Å². The number of ether oxygens (including phenoxy) is 1. The summed E-state index contributed by atoms with van der Waals surface area (Å²) in [7, 11) is 0. The fourth-order valence-electron chi connectivity index (χ4n) is 2.68. The SMILES string of the molecule is C[C@H](Oc1ccc(F)cc1)C(=O)NN1C(=O)N[C@](C)(c2ccccc2)C1=O. The molecule has 1 aliphatic heterocycles. The van der Waals surface area contributed by atoms with Crippen LogP contribution in [0.5, 0.6) is 5.75 Å². The first-order chi connectivity index (χ1) is 12.8. The minimum absolute atomic E-state index is 0.283. The standard InChI is InChI=1S/C19H18FN3O4/c1-12(27-15-10-8-14(20)9-11-15)16(24)22-23-17(25)19(2,21-18(23)26)13-6-4-3-5-7-13/h3-12H,1-2H3,(H,21,26)(H,22,24)/t12-,19+/m0/s1. The van der Waals surface area contributed by atoms with Crippen molar-refractivity contribution >= 4 is 17.8 Å². The summed E-state index contributed by atoms with van der Waals surface area (Å²) >= 11 is 0. The summed E-state index contributed by atoms with van der Waals surface area (Å²) in [6.45, 7) is 3.01. The number of carbonyl (C=O) groups is 3. The van der Waals surface area contributed by atoms with Gasteiger partial charge in [0.25, 0.3) is 11.8 Å². The Morgan fingerprint density at radius 3 is 2.41 bits per heavy atom. The number of amides is 4. The molecule has 140 valence electrons. The Morgan fingerprint density at radius 1 is 1.15 bits per heavy atom. The molecule has 2 aromatic rings. The molecule has 0 aromatic heterocycles. The molecule has 0 unspecified atom stereocenters. The molecule has 4 amide bonds. The quantitative estimate of drug-likeness (QED) is 0.788. The molecule has 1 aliphatic rings. The Hall–Kier alpha value is -3.42. The Balaban J connectivity index is 1.69. The summed E-state index contributed by atoms with van der Waals surface area (Å²) in [6.07, 6.45) is -1.01. The van der Waals surface area contributed by atoms with Crippen LogP contribution < -0.4 is 15.5 Å². The number of hydrazine groups is 1. The number of urea groups is 1. The first kappa shape index (κ1) is 18.4. The van der Waals surface area contributed by atoms with Crippen molar-refractivity contribution in [2.45, 2.75) is 25.5 Å². The summed E-state index contributed by atoms with van der Waals surface area (Å²) < 4.78 is 18.3. The molecule has 1 saturated heterocycles. The maximum Gasteiger partial charge on any atom is 0.344 e. The van der Waals surface area contributed by atoms with Gasteiger partial charge in [0.2, 0.25) is 0 Å². The lowest BCUT2D eigenvalue weighted by Gasteiger charge is -2.22. The van der Waals surface area contributed by atoms with Crippen LogP contribution in [0.2, 0.25) is 0 Å². The van der Waals surface area contributed by atoms with Crippen molar-refractivity contribution in [2.75, 3.05) is 0 Å². The minimum atomic E-state index is -1.29. The van der Waals surface area contributed by atoms with Gasteiger partial charge in [-0.3, -0.25) is 15.0 Å². The summed E-state index contributed by atoms with van der Waals surface area (Å²) in [5, 5.41) is 3.23. The van der Waals surface area contributed by atoms with E-state index < -0.39 is 35.3 Å². The third-order valence-corrected chi connectivity index (χ3v) is 4.26. The van der Waals surface area contributed by atoms with E-state index in [1.54, 1.807) is 37.3 Å². The second-order valence-corrected chi connectivity index (χ2v) is 6.25. The molecule has 0 radical (unpaired) electrons. The first-order valence-electron chi connectivity index (χ1n) is 8.26. The van der Waals surface area contributed by atoms with Gasteiger partial charge >= 0.3 is 6.03 Å². The number of hydrogen-bond donors (Lipinski definition) is 2.